The van der Waals surface area contributed by atoms with E-state index in [-0.39, 0.29) is 5.75 Å². The maximum absolute atomic E-state index is 9.67. The molecule has 0 aliphatic rings. The van der Waals surface area contributed by atoms with Crippen molar-refractivity contribution in [1.29, 1.82) is 0 Å². The Morgan fingerprint density at radius 2 is 2.17 bits per heavy atom. The van der Waals surface area contributed by atoms with Gasteiger partial charge in [0.05, 0.1) is 0 Å². The molecule has 0 saturated heterocycles. The second-order valence-corrected chi connectivity index (χ2v) is 3.82. The normalized spacial score (nSPS) is 10.7. The van der Waals surface area contributed by atoms with Crippen molar-refractivity contribution in [3.8, 4) is 5.75 Å². The molecule has 0 saturated carbocycles. The summed E-state index contributed by atoms with van der Waals surface area (Å²) in [5.74, 6) is 0.900. The lowest BCUT2D eigenvalue weighted by atomic mass is 10.2. The van der Waals surface area contributed by atoms with Gasteiger partial charge in [0.1, 0.15) is 12.1 Å². The van der Waals surface area contributed by atoms with Crippen LogP contribution in [0.15, 0.2) is 43.0 Å². The molecule has 90 valence electrons. The van der Waals surface area contributed by atoms with Crippen LogP contribution >= 0.6 is 0 Å². The fraction of sp³-hybridized carbons (Fsp3) is 0.0833. The molecule has 0 atom stereocenters. The van der Waals surface area contributed by atoms with Crippen LogP contribution in [0.25, 0.3) is 5.65 Å². The van der Waals surface area contributed by atoms with Crippen LogP contribution in [-0.2, 0) is 6.54 Å². The molecular weight excluding hydrogens is 230 g/mol. The molecule has 2 N–H and O–H groups in total. The summed E-state index contributed by atoms with van der Waals surface area (Å²) in [7, 11) is 0. The van der Waals surface area contributed by atoms with Crippen LogP contribution in [0.5, 0.6) is 5.75 Å². The van der Waals surface area contributed by atoms with E-state index in [0.29, 0.717) is 18.0 Å². The second kappa shape index (κ2) is 4.33. The van der Waals surface area contributed by atoms with E-state index in [1.807, 2.05) is 12.1 Å². The molecular formula is C12H11N5O. The molecule has 18 heavy (non-hydrogen) atoms. The summed E-state index contributed by atoms with van der Waals surface area (Å²) in [5, 5.41) is 20.6. The van der Waals surface area contributed by atoms with Crippen LogP contribution < -0.4 is 5.32 Å². The van der Waals surface area contributed by atoms with Gasteiger partial charge in [-0.2, -0.15) is 0 Å². The predicted molar refractivity (Wildman–Crippen MR) is 66.2 cm³/mol. The minimum Gasteiger partial charge on any atom is -0.508 e. The Morgan fingerprint density at radius 3 is 3.06 bits per heavy atom. The Morgan fingerprint density at radius 1 is 1.28 bits per heavy atom. The van der Waals surface area contributed by atoms with Crippen molar-refractivity contribution in [3.63, 3.8) is 0 Å². The highest BCUT2D eigenvalue weighted by Crippen LogP contribution is 2.18. The minimum absolute atomic E-state index is 0.262. The Kier molecular flexibility index (Phi) is 2.53. The molecule has 0 amide bonds. The Hall–Kier alpha value is -2.63. The monoisotopic (exact) mass is 241 g/mol. The molecule has 0 bridgehead atoms. The number of hydrogen-bond acceptors (Lipinski definition) is 5. The first-order valence-corrected chi connectivity index (χ1v) is 5.50. The summed E-state index contributed by atoms with van der Waals surface area (Å²) < 4.78 is 1.78. The van der Waals surface area contributed by atoms with Crippen molar-refractivity contribution in [2.75, 3.05) is 5.32 Å². The van der Waals surface area contributed by atoms with Gasteiger partial charge in [-0.05, 0) is 6.07 Å². The SMILES string of the molecule is Oc1ccccc1CNc1nccn2cnnc12. The zero-order chi connectivity index (χ0) is 12.4. The fourth-order valence-electron chi connectivity index (χ4n) is 1.72. The van der Waals surface area contributed by atoms with Gasteiger partial charge < -0.3 is 10.4 Å². The lowest BCUT2D eigenvalue weighted by Gasteiger charge is -2.07. The lowest BCUT2D eigenvalue weighted by molar-refractivity contribution is 0.469. The number of aromatic nitrogens is 4. The van der Waals surface area contributed by atoms with Gasteiger partial charge >= 0.3 is 0 Å². The standard InChI is InChI=1S/C12H11N5O/c18-10-4-2-1-3-9(10)7-14-11-12-16-15-8-17(12)6-5-13-11/h1-6,8,18H,7H2,(H,13,14). The van der Waals surface area contributed by atoms with Crippen LogP contribution in [0.1, 0.15) is 5.56 Å². The van der Waals surface area contributed by atoms with Crippen molar-refractivity contribution in [2.45, 2.75) is 6.54 Å². The van der Waals surface area contributed by atoms with E-state index < -0.39 is 0 Å². The first kappa shape index (κ1) is 10.5. The molecule has 2 heterocycles. The number of rotatable bonds is 3. The van der Waals surface area contributed by atoms with E-state index >= 15 is 0 Å². The highest BCUT2D eigenvalue weighted by Gasteiger charge is 2.05. The average Bonchev–Trinajstić information content (AvgIpc) is 2.86. The number of phenolic OH excluding ortho intramolecular Hbond substituents is 1. The van der Waals surface area contributed by atoms with Crippen molar-refractivity contribution < 1.29 is 5.11 Å². The topological polar surface area (TPSA) is 75.3 Å². The van der Waals surface area contributed by atoms with Gasteiger partial charge in [-0.1, -0.05) is 18.2 Å². The summed E-state index contributed by atoms with van der Waals surface area (Å²) in [5.41, 5.74) is 1.47. The molecule has 0 unspecified atom stereocenters. The van der Waals surface area contributed by atoms with Gasteiger partial charge in [-0.25, -0.2) is 4.98 Å². The Labute approximate surface area is 103 Å². The molecule has 6 nitrogen and oxygen atoms in total. The summed E-state index contributed by atoms with van der Waals surface area (Å²) in [6, 6.07) is 7.17. The summed E-state index contributed by atoms with van der Waals surface area (Å²) >= 11 is 0. The molecule has 6 heteroatoms. The number of fused-ring (bicyclic) bond motifs is 1. The molecule has 2 aromatic heterocycles. The number of nitrogens with zero attached hydrogens (tertiary/aromatic N) is 4. The maximum atomic E-state index is 9.67. The van der Waals surface area contributed by atoms with E-state index in [4.69, 9.17) is 0 Å². The number of nitrogens with one attached hydrogen (secondary N) is 1. The van der Waals surface area contributed by atoms with Gasteiger partial charge in [0.15, 0.2) is 5.82 Å². The summed E-state index contributed by atoms with van der Waals surface area (Å²) in [6.07, 6.45) is 5.06. The van der Waals surface area contributed by atoms with E-state index in [2.05, 4.69) is 20.5 Å². The number of benzene rings is 1. The lowest BCUT2D eigenvalue weighted by Crippen LogP contribution is -2.03. The van der Waals surface area contributed by atoms with Crippen molar-refractivity contribution in [1.82, 2.24) is 19.6 Å². The van der Waals surface area contributed by atoms with Crippen molar-refractivity contribution in [3.05, 3.63) is 48.5 Å². The molecule has 0 fully saturated rings. The molecule has 0 aliphatic heterocycles. The third-order valence-electron chi connectivity index (χ3n) is 2.65. The van der Waals surface area contributed by atoms with E-state index in [9.17, 15) is 5.11 Å². The second-order valence-electron chi connectivity index (χ2n) is 3.82. The van der Waals surface area contributed by atoms with E-state index in [0.717, 1.165) is 5.56 Å². The number of phenols is 1. The van der Waals surface area contributed by atoms with Crippen LogP contribution in [0.4, 0.5) is 5.82 Å². The number of aromatic hydroxyl groups is 1. The van der Waals surface area contributed by atoms with E-state index in [1.165, 1.54) is 0 Å². The van der Waals surface area contributed by atoms with Crippen molar-refractivity contribution in [2.24, 2.45) is 0 Å². The van der Waals surface area contributed by atoms with Crippen LogP contribution in [0, 0.1) is 0 Å². The van der Waals surface area contributed by atoms with E-state index in [1.54, 1.807) is 35.3 Å². The third-order valence-corrected chi connectivity index (χ3v) is 2.65. The van der Waals surface area contributed by atoms with Crippen LogP contribution in [0.3, 0.4) is 0 Å². The van der Waals surface area contributed by atoms with Crippen LogP contribution in [0.2, 0.25) is 0 Å². The number of anilines is 1. The van der Waals surface area contributed by atoms with Crippen molar-refractivity contribution >= 4 is 11.5 Å². The van der Waals surface area contributed by atoms with Crippen LogP contribution in [-0.4, -0.2) is 24.7 Å². The summed E-state index contributed by atoms with van der Waals surface area (Å²) in [4.78, 5) is 4.21. The Balaban J connectivity index is 1.85. The number of para-hydroxylation sites is 1. The third kappa shape index (κ3) is 1.84. The zero-order valence-corrected chi connectivity index (χ0v) is 9.48. The smallest absolute Gasteiger partial charge is 0.203 e. The average molecular weight is 241 g/mol. The molecule has 1 aromatic carbocycles. The molecule has 3 rings (SSSR count). The molecule has 3 aromatic rings. The fourth-order valence-corrected chi connectivity index (χ4v) is 1.72. The first-order valence-electron chi connectivity index (χ1n) is 5.50. The predicted octanol–water partition coefficient (Wildman–Crippen LogP) is 1.44. The maximum Gasteiger partial charge on any atom is 0.203 e. The van der Waals surface area contributed by atoms with Gasteiger partial charge in [-0.3, -0.25) is 4.40 Å². The molecule has 0 spiro atoms. The molecule has 0 aliphatic carbocycles. The van der Waals surface area contributed by atoms with Gasteiger partial charge in [0.2, 0.25) is 5.65 Å². The van der Waals surface area contributed by atoms with Gasteiger partial charge in [0, 0.05) is 24.5 Å². The quantitative estimate of drug-likeness (QED) is 0.725. The van der Waals surface area contributed by atoms with Gasteiger partial charge in [-0.15, -0.1) is 10.2 Å². The first-order chi connectivity index (χ1) is 8.84. The molecule has 0 radical (unpaired) electrons. The number of hydrogen-bond donors (Lipinski definition) is 2. The largest absolute Gasteiger partial charge is 0.508 e. The zero-order valence-electron chi connectivity index (χ0n) is 9.48. The minimum atomic E-state index is 0.262. The summed E-state index contributed by atoms with van der Waals surface area (Å²) in [6.45, 7) is 0.478. The highest BCUT2D eigenvalue weighted by atomic mass is 16.3. The van der Waals surface area contributed by atoms with Gasteiger partial charge in [0.25, 0.3) is 0 Å². The highest BCUT2D eigenvalue weighted by molar-refractivity contribution is 5.61. The Bertz CT molecular complexity index is 679.